The first kappa shape index (κ1) is 17.8. The van der Waals surface area contributed by atoms with Crippen molar-refractivity contribution in [3.05, 3.63) is 53.4 Å². The Morgan fingerprint density at radius 1 is 1.29 bits per heavy atom. The van der Waals surface area contributed by atoms with Crippen LogP contribution in [0.2, 0.25) is 0 Å². The van der Waals surface area contributed by atoms with Gasteiger partial charge in [0.1, 0.15) is 11.4 Å². The predicted octanol–water partition coefficient (Wildman–Crippen LogP) is 2.66. The maximum atomic E-state index is 13.6. The number of nitrogens with one attached hydrogen (secondary N) is 1. The molecule has 4 nitrogen and oxygen atoms in total. The molecule has 1 aromatic rings. The number of nitrogens with zero attached hydrogens (tertiary/aromatic N) is 1. The van der Waals surface area contributed by atoms with Gasteiger partial charge in [-0.2, -0.15) is 13.2 Å². The molecule has 0 radical (unpaired) electrons. The summed E-state index contributed by atoms with van der Waals surface area (Å²) in [6, 6.07) is 2.10. The topological polar surface area (TPSA) is 49.4 Å². The number of halogens is 4. The molecule has 24 heavy (non-hydrogen) atoms. The fourth-order valence-electron chi connectivity index (χ4n) is 2.01. The number of hydrogen-bond donors (Lipinski definition) is 1. The van der Waals surface area contributed by atoms with Crippen LogP contribution in [0.3, 0.4) is 0 Å². The third-order valence-electron chi connectivity index (χ3n) is 3.11. The normalized spacial score (nSPS) is 17.2. The van der Waals surface area contributed by atoms with Crippen molar-refractivity contribution < 1.29 is 27.2 Å². The fraction of sp³-hybridized carbons (Fsp3) is 0.133. The Labute approximate surface area is 139 Å². The molecule has 1 aromatic carbocycles. The highest BCUT2D eigenvalue weighted by molar-refractivity contribution is 7.80. The van der Waals surface area contributed by atoms with Crippen molar-refractivity contribution in [1.29, 1.82) is 0 Å². The van der Waals surface area contributed by atoms with E-state index in [1.165, 1.54) is 6.08 Å². The van der Waals surface area contributed by atoms with Crippen molar-refractivity contribution in [1.82, 2.24) is 10.2 Å². The van der Waals surface area contributed by atoms with E-state index in [0.717, 1.165) is 17.0 Å². The number of thiocarbonyl (C=S) groups is 1. The lowest BCUT2D eigenvalue weighted by Crippen LogP contribution is -2.53. The molecule has 2 amide bonds. The van der Waals surface area contributed by atoms with Gasteiger partial charge in [0.2, 0.25) is 0 Å². The third kappa shape index (κ3) is 3.51. The van der Waals surface area contributed by atoms with Crippen LogP contribution in [-0.4, -0.2) is 28.4 Å². The van der Waals surface area contributed by atoms with Gasteiger partial charge in [0.15, 0.2) is 5.11 Å². The van der Waals surface area contributed by atoms with Gasteiger partial charge >= 0.3 is 6.18 Å². The monoisotopic (exact) mass is 358 g/mol. The summed E-state index contributed by atoms with van der Waals surface area (Å²) in [5, 5.41) is 2.16. The molecular weight excluding hydrogens is 348 g/mol. The molecule has 0 aromatic heterocycles. The number of carbonyl (C=O) groups is 2. The lowest BCUT2D eigenvalue weighted by atomic mass is 10.1. The van der Waals surface area contributed by atoms with Gasteiger partial charge in [0.05, 0.1) is 5.56 Å². The summed E-state index contributed by atoms with van der Waals surface area (Å²) in [6.07, 6.45) is -2.45. The Balaban J connectivity index is 2.41. The van der Waals surface area contributed by atoms with E-state index in [1.54, 1.807) is 0 Å². The van der Waals surface area contributed by atoms with Crippen molar-refractivity contribution >= 4 is 35.2 Å². The van der Waals surface area contributed by atoms with Crippen molar-refractivity contribution in [2.75, 3.05) is 6.54 Å². The highest BCUT2D eigenvalue weighted by Crippen LogP contribution is 2.32. The minimum absolute atomic E-state index is 0.0384. The Hall–Kier alpha value is -2.55. The molecule has 0 saturated carbocycles. The maximum absolute atomic E-state index is 13.6. The molecule has 0 unspecified atom stereocenters. The molecule has 0 bridgehead atoms. The summed E-state index contributed by atoms with van der Waals surface area (Å²) in [4.78, 5) is 25.2. The quantitative estimate of drug-likeness (QED) is 0.297. The van der Waals surface area contributed by atoms with E-state index in [2.05, 4.69) is 11.9 Å². The zero-order chi connectivity index (χ0) is 18.1. The van der Waals surface area contributed by atoms with Crippen molar-refractivity contribution in [3.8, 4) is 0 Å². The standard InChI is InChI=1S/C15H10F4N2O2S/c1-2-5-21-13(23)9(12(22)20-14(21)24)6-8-3-4-10(11(16)7-8)15(17,18)19/h2-4,6-7H,1,5H2,(H,20,22,24). The number of amides is 2. The molecule has 0 aliphatic carbocycles. The van der Waals surface area contributed by atoms with Crippen LogP contribution < -0.4 is 5.32 Å². The minimum Gasteiger partial charge on any atom is -0.298 e. The second-order valence-electron chi connectivity index (χ2n) is 4.76. The van der Waals surface area contributed by atoms with Gasteiger partial charge in [-0.15, -0.1) is 6.58 Å². The number of carbonyl (C=O) groups excluding carboxylic acids is 2. The van der Waals surface area contributed by atoms with E-state index in [4.69, 9.17) is 12.2 Å². The van der Waals surface area contributed by atoms with Crippen molar-refractivity contribution in [2.45, 2.75) is 6.18 Å². The summed E-state index contributed by atoms with van der Waals surface area (Å²) < 4.78 is 51.2. The molecule has 1 fully saturated rings. The van der Waals surface area contributed by atoms with Gasteiger partial charge in [-0.3, -0.25) is 19.8 Å². The summed E-state index contributed by atoms with van der Waals surface area (Å²) >= 11 is 4.86. The third-order valence-corrected chi connectivity index (χ3v) is 3.43. The summed E-state index contributed by atoms with van der Waals surface area (Å²) in [7, 11) is 0. The van der Waals surface area contributed by atoms with E-state index in [1.807, 2.05) is 0 Å². The number of alkyl halides is 3. The average molecular weight is 358 g/mol. The first-order chi connectivity index (χ1) is 11.1. The number of benzene rings is 1. The fourth-order valence-corrected chi connectivity index (χ4v) is 2.26. The van der Waals surface area contributed by atoms with Crippen LogP contribution in [0.25, 0.3) is 6.08 Å². The molecule has 9 heteroatoms. The number of rotatable bonds is 3. The van der Waals surface area contributed by atoms with Crippen molar-refractivity contribution in [2.24, 2.45) is 0 Å². The van der Waals surface area contributed by atoms with Crippen LogP contribution in [0.1, 0.15) is 11.1 Å². The van der Waals surface area contributed by atoms with Crippen LogP contribution in [-0.2, 0) is 15.8 Å². The van der Waals surface area contributed by atoms with Crippen LogP contribution in [0, 0.1) is 5.82 Å². The van der Waals surface area contributed by atoms with E-state index < -0.39 is 29.4 Å². The second-order valence-corrected chi connectivity index (χ2v) is 5.15. The highest BCUT2D eigenvalue weighted by Gasteiger charge is 2.35. The van der Waals surface area contributed by atoms with E-state index in [-0.39, 0.29) is 22.8 Å². The van der Waals surface area contributed by atoms with Gasteiger partial charge in [-0.25, -0.2) is 4.39 Å². The SMILES string of the molecule is C=CCN1C(=O)C(=Cc2ccc(C(F)(F)F)c(F)c2)C(=O)NC1=S. The first-order valence-electron chi connectivity index (χ1n) is 6.51. The lowest BCUT2D eigenvalue weighted by molar-refractivity contribution is -0.140. The molecule has 1 aliphatic rings. The Morgan fingerprint density at radius 2 is 1.96 bits per heavy atom. The lowest BCUT2D eigenvalue weighted by Gasteiger charge is -2.27. The minimum atomic E-state index is -4.83. The van der Waals surface area contributed by atoms with Crippen LogP contribution in [0.5, 0.6) is 0 Å². The highest BCUT2D eigenvalue weighted by atomic mass is 32.1. The number of hydrogen-bond acceptors (Lipinski definition) is 3. The molecule has 0 atom stereocenters. The molecule has 1 aliphatic heterocycles. The van der Waals surface area contributed by atoms with Crippen molar-refractivity contribution in [3.63, 3.8) is 0 Å². The molecule has 1 N–H and O–H groups in total. The Morgan fingerprint density at radius 3 is 2.50 bits per heavy atom. The van der Waals surface area contributed by atoms with Crippen LogP contribution in [0.15, 0.2) is 36.4 Å². The molecule has 2 rings (SSSR count). The van der Waals surface area contributed by atoms with Gasteiger partial charge in [0.25, 0.3) is 11.8 Å². The smallest absolute Gasteiger partial charge is 0.298 e. The maximum Gasteiger partial charge on any atom is 0.419 e. The molecule has 1 heterocycles. The summed E-state index contributed by atoms with van der Waals surface area (Å²) in [6.45, 7) is 3.49. The predicted molar refractivity (Wildman–Crippen MR) is 82.0 cm³/mol. The van der Waals surface area contributed by atoms with Crippen LogP contribution in [0.4, 0.5) is 17.6 Å². The summed E-state index contributed by atoms with van der Waals surface area (Å²) in [5.41, 5.74) is -1.87. The van der Waals surface area contributed by atoms with E-state index >= 15 is 0 Å². The molecular formula is C15H10F4N2O2S. The zero-order valence-electron chi connectivity index (χ0n) is 12.0. The second kappa shape index (κ2) is 6.52. The van der Waals surface area contributed by atoms with Crippen LogP contribution >= 0.6 is 12.2 Å². The van der Waals surface area contributed by atoms with Gasteiger partial charge in [-0.05, 0) is 36.0 Å². The molecule has 126 valence electrons. The van der Waals surface area contributed by atoms with E-state index in [9.17, 15) is 27.2 Å². The molecule has 0 spiro atoms. The Bertz CT molecular complexity index is 771. The average Bonchev–Trinajstić information content (AvgIpc) is 2.46. The molecule has 1 saturated heterocycles. The van der Waals surface area contributed by atoms with Gasteiger partial charge < -0.3 is 0 Å². The van der Waals surface area contributed by atoms with E-state index in [0.29, 0.717) is 12.1 Å². The zero-order valence-corrected chi connectivity index (χ0v) is 12.8. The largest absolute Gasteiger partial charge is 0.419 e. The van der Waals surface area contributed by atoms with Gasteiger partial charge in [-0.1, -0.05) is 12.1 Å². The summed E-state index contributed by atoms with van der Waals surface area (Å²) in [5.74, 6) is -3.06. The Kier molecular flexibility index (Phi) is 4.83. The van der Waals surface area contributed by atoms with Gasteiger partial charge in [0, 0.05) is 6.54 Å². The first-order valence-corrected chi connectivity index (χ1v) is 6.92.